The summed E-state index contributed by atoms with van der Waals surface area (Å²) in [5.41, 5.74) is 0. The lowest BCUT2D eigenvalue weighted by molar-refractivity contribution is 0.595. The summed E-state index contributed by atoms with van der Waals surface area (Å²) in [6, 6.07) is 0. The van der Waals surface area contributed by atoms with Crippen LogP contribution in [0.3, 0.4) is 0 Å². The zero-order chi connectivity index (χ0) is 10.2. The van der Waals surface area contributed by atoms with Crippen LogP contribution in [0.15, 0.2) is 0 Å². The summed E-state index contributed by atoms with van der Waals surface area (Å²) >= 11 is 10.6. The van der Waals surface area contributed by atoms with Crippen LogP contribution in [-0.2, 0) is 0 Å². The largest absolute Gasteiger partial charge is 0.372 e. The van der Waals surface area contributed by atoms with E-state index >= 15 is 0 Å². The zero-order valence-electron chi connectivity index (χ0n) is 8.57. The molecule has 1 fully saturated rings. The van der Waals surface area contributed by atoms with E-state index < -0.39 is 0 Å². The van der Waals surface area contributed by atoms with Gasteiger partial charge < -0.3 is 9.80 Å². The van der Waals surface area contributed by atoms with Gasteiger partial charge in [0.1, 0.15) is 0 Å². The van der Waals surface area contributed by atoms with E-state index in [1.165, 1.54) is 0 Å². The molecule has 2 nitrogen and oxygen atoms in total. The zero-order valence-corrected chi connectivity index (χ0v) is 10.2. The Kier molecular flexibility index (Phi) is 3.24. The first kappa shape index (κ1) is 10.9. The molecule has 1 saturated carbocycles. The van der Waals surface area contributed by atoms with Gasteiger partial charge in [0.25, 0.3) is 0 Å². The monoisotopic (exact) mass is 216 g/mol. The molecule has 0 amide bonds. The maximum absolute atomic E-state index is 5.30. The van der Waals surface area contributed by atoms with Gasteiger partial charge in [-0.3, -0.25) is 0 Å². The van der Waals surface area contributed by atoms with Crippen LogP contribution in [0, 0.1) is 11.8 Å². The minimum absolute atomic E-state index is 0.514. The number of rotatable bonds is 2. The van der Waals surface area contributed by atoms with Gasteiger partial charge >= 0.3 is 0 Å². The van der Waals surface area contributed by atoms with Crippen molar-refractivity contribution in [2.45, 2.75) is 6.42 Å². The van der Waals surface area contributed by atoms with Gasteiger partial charge in [-0.15, -0.1) is 0 Å². The second kappa shape index (κ2) is 3.88. The van der Waals surface area contributed by atoms with Crippen LogP contribution in [0.2, 0.25) is 0 Å². The molecule has 0 unspecified atom stereocenters. The molecule has 0 spiro atoms. The normalized spacial score (nSPS) is 25.2. The van der Waals surface area contributed by atoms with Crippen LogP contribution in [-0.4, -0.2) is 48.0 Å². The maximum atomic E-state index is 5.30. The first-order chi connectivity index (χ1) is 5.95. The Bertz CT molecular complexity index is 212. The van der Waals surface area contributed by atoms with Gasteiger partial charge in [0.05, 0.1) is 9.98 Å². The molecule has 0 aliphatic heterocycles. The van der Waals surface area contributed by atoms with Gasteiger partial charge in [-0.05, 0) is 6.42 Å². The third kappa shape index (κ3) is 2.38. The average Bonchev–Trinajstić information content (AvgIpc) is 2.80. The Morgan fingerprint density at radius 2 is 1.23 bits per heavy atom. The van der Waals surface area contributed by atoms with E-state index in [-0.39, 0.29) is 0 Å². The molecule has 0 N–H and O–H groups in total. The predicted molar refractivity (Wildman–Crippen MR) is 64.2 cm³/mol. The Balaban J connectivity index is 2.47. The predicted octanol–water partition coefficient (Wildman–Crippen LogP) is 1.40. The highest BCUT2D eigenvalue weighted by molar-refractivity contribution is 7.80. The summed E-state index contributed by atoms with van der Waals surface area (Å²) in [7, 11) is 7.99. The van der Waals surface area contributed by atoms with Crippen molar-refractivity contribution in [3.8, 4) is 0 Å². The van der Waals surface area contributed by atoms with Crippen LogP contribution in [0.25, 0.3) is 0 Å². The Morgan fingerprint density at radius 3 is 1.46 bits per heavy atom. The first-order valence-corrected chi connectivity index (χ1v) is 5.19. The van der Waals surface area contributed by atoms with Gasteiger partial charge in [-0.1, -0.05) is 24.4 Å². The van der Waals surface area contributed by atoms with Gasteiger partial charge in [-0.2, -0.15) is 0 Å². The summed E-state index contributed by atoms with van der Waals surface area (Å²) in [5.74, 6) is 1.03. The molecule has 0 radical (unpaired) electrons. The Labute approximate surface area is 90.9 Å². The smallest absolute Gasteiger partial charge is 0.0812 e. The molecule has 2 atom stereocenters. The molecule has 0 bridgehead atoms. The molecule has 13 heavy (non-hydrogen) atoms. The second-order valence-corrected chi connectivity index (χ2v) is 4.75. The highest BCUT2D eigenvalue weighted by atomic mass is 32.1. The van der Waals surface area contributed by atoms with Gasteiger partial charge in [-0.25, -0.2) is 0 Å². The van der Waals surface area contributed by atoms with E-state index in [2.05, 4.69) is 0 Å². The van der Waals surface area contributed by atoms with Crippen LogP contribution in [0.1, 0.15) is 6.42 Å². The van der Waals surface area contributed by atoms with Crippen molar-refractivity contribution in [1.82, 2.24) is 9.80 Å². The van der Waals surface area contributed by atoms with Crippen molar-refractivity contribution in [3.05, 3.63) is 0 Å². The molecule has 0 aromatic rings. The van der Waals surface area contributed by atoms with Crippen LogP contribution < -0.4 is 0 Å². The van der Waals surface area contributed by atoms with Crippen molar-refractivity contribution in [1.29, 1.82) is 0 Å². The first-order valence-electron chi connectivity index (χ1n) is 4.37. The number of thiocarbonyl (C=S) groups is 2. The molecule has 0 aromatic carbocycles. The third-order valence-electron chi connectivity index (χ3n) is 2.31. The minimum Gasteiger partial charge on any atom is -0.372 e. The molecule has 0 aromatic heterocycles. The lowest BCUT2D eigenvalue weighted by Crippen LogP contribution is -2.26. The summed E-state index contributed by atoms with van der Waals surface area (Å²) in [5, 5.41) is 0. The van der Waals surface area contributed by atoms with E-state index in [0.29, 0.717) is 11.8 Å². The highest BCUT2D eigenvalue weighted by Gasteiger charge is 2.44. The van der Waals surface area contributed by atoms with Crippen molar-refractivity contribution >= 4 is 34.4 Å². The minimum atomic E-state index is 0.514. The summed E-state index contributed by atoms with van der Waals surface area (Å²) in [4.78, 5) is 6.10. The van der Waals surface area contributed by atoms with Gasteiger partial charge in [0.2, 0.25) is 0 Å². The van der Waals surface area contributed by atoms with Crippen molar-refractivity contribution in [2.24, 2.45) is 11.8 Å². The van der Waals surface area contributed by atoms with Crippen LogP contribution in [0.5, 0.6) is 0 Å². The van der Waals surface area contributed by atoms with Crippen LogP contribution >= 0.6 is 24.4 Å². The quantitative estimate of drug-likeness (QED) is 0.643. The third-order valence-corrected chi connectivity index (χ3v) is 3.64. The Hall–Kier alpha value is -0.220. The molecule has 74 valence electrons. The fourth-order valence-electron chi connectivity index (χ4n) is 1.40. The van der Waals surface area contributed by atoms with E-state index in [0.717, 1.165) is 16.4 Å². The van der Waals surface area contributed by atoms with Crippen molar-refractivity contribution in [2.75, 3.05) is 28.2 Å². The lowest BCUT2D eigenvalue weighted by Gasteiger charge is -2.16. The number of nitrogens with zero attached hydrogens (tertiary/aromatic N) is 2. The Morgan fingerprint density at radius 1 is 0.923 bits per heavy atom. The van der Waals surface area contributed by atoms with Gasteiger partial charge in [0.15, 0.2) is 0 Å². The van der Waals surface area contributed by atoms with Crippen molar-refractivity contribution < 1.29 is 0 Å². The fourth-order valence-corrected chi connectivity index (χ4v) is 1.93. The molecular weight excluding hydrogens is 200 g/mol. The summed E-state index contributed by atoms with van der Waals surface area (Å²) in [6.07, 6.45) is 1.13. The molecule has 0 heterocycles. The maximum Gasteiger partial charge on any atom is 0.0812 e. The summed E-state index contributed by atoms with van der Waals surface area (Å²) in [6.45, 7) is 0. The van der Waals surface area contributed by atoms with E-state index in [4.69, 9.17) is 24.4 Å². The van der Waals surface area contributed by atoms with E-state index in [1.807, 2.05) is 38.0 Å². The molecular formula is C9H16N2S2. The summed E-state index contributed by atoms with van der Waals surface area (Å²) < 4.78 is 0. The lowest BCUT2D eigenvalue weighted by atomic mass is 10.3. The molecule has 1 rings (SSSR count). The average molecular weight is 216 g/mol. The fraction of sp³-hybridized carbons (Fsp3) is 0.778. The molecule has 1 aliphatic carbocycles. The molecule has 0 saturated heterocycles. The SMILES string of the molecule is CN(C)C(=S)[C@H]1C[C@@H]1C(=S)N(C)C. The van der Waals surface area contributed by atoms with E-state index in [1.54, 1.807) is 0 Å². The highest BCUT2D eigenvalue weighted by Crippen LogP contribution is 2.41. The standard InChI is InChI=1S/C9H16N2S2/c1-10(2)8(12)6-5-7(6)9(13)11(3)4/h6-7H,5H2,1-4H3/t6-,7-/m0/s1. The van der Waals surface area contributed by atoms with E-state index in [9.17, 15) is 0 Å². The number of hydrogen-bond donors (Lipinski definition) is 0. The number of hydrogen-bond acceptors (Lipinski definition) is 2. The molecule has 4 heteroatoms. The van der Waals surface area contributed by atoms with Gasteiger partial charge in [0, 0.05) is 40.0 Å². The van der Waals surface area contributed by atoms with Crippen LogP contribution in [0.4, 0.5) is 0 Å². The topological polar surface area (TPSA) is 6.48 Å². The van der Waals surface area contributed by atoms with Crippen molar-refractivity contribution in [3.63, 3.8) is 0 Å². The second-order valence-electron chi connectivity index (χ2n) is 3.91. The molecule has 1 aliphatic rings.